The van der Waals surface area contributed by atoms with E-state index in [9.17, 15) is 14.4 Å². The molecule has 0 radical (unpaired) electrons. The summed E-state index contributed by atoms with van der Waals surface area (Å²) in [5.74, 6) is -0.907. The molecule has 0 aliphatic carbocycles. The number of esters is 3. The molecule has 6 nitrogen and oxygen atoms in total. The lowest BCUT2D eigenvalue weighted by Crippen LogP contribution is -2.30. The van der Waals surface area contributed by atoms with E-state index in [0.717, 1.165) is 154 Å². The summed E-state index contributed by atoms with van der Waals surface area (Å²) >= 11 is 0. The molecule has 0 aromatic rings. The van der Waals surface area contributed by atoms with Crippen molar-refractivity contribution >= 4 is 17.9 Å². The number of hydrogen-bond donors (Lipinski definition) is 0. The highest BCUT2D eigenvalue weighted by molar-refractivity contribution is 5.71. The van der Waals surface area contributed by atoms with Crippen molar-refractivity contribution in [2.75, 3.05) is 13.2 Å². The number of allylic oxidation sites excluding steroid dienone is 24. The molecule has 0 rings (SSSR count). The fourth-order valence-corrected chi connectivity index (χ4v) is 9.27. The Morgan fingerprint density at radius 3 is 0.735 bits per heavy atom. The van der Waals surface area contributed by atoms with Crippen molar-refractivity contribution in [3.05, 3.63) is 146 Å². The molecule has 83 heavy (non-hydrogen) atoms. The molecule has 0 heterocycles. The van der Waals surface area contributed by atoms with Crippen molar-refractivity contribution in [3.8, 4) is 0 Å². The molecule has 0 saturated heterocycles. The lowest BCUT2D eigenvalue weighted by Gasteiger charge is -2.18. The van der Waals surface area contributed by atoms with Gasteiger partial charge in [0.05, 0.1) is 0 Å². The summed E-state index contributed by atoms with van der Waals surface area (Å²) in [6.07, 6.45) is 100. The number of carbonyl (C=O) groups excluding carboxylic acids is 3. The van der Waals surface area contributed by atoms with E-state index in [1.165, 1.54) is 109 Å². The summed E-state index contributed by atoms with van der Waals surface area (Å²) in [6, 6.07) is 0. The molecule has 0 amide bonds. The van der Waals surface area contributed by atoms with Gasteiger partial charge >= 0.3 is 17.9 Å². The lowest BCUT2D eigenvalue weighted by atomic mass is 10.0. The van der Waals surface area contributed by atoms with Crippen LogP contribution in [0.3, 0.4) is 0 Å². The van der Waals surface area contributed by atoms with Crippen molar-refractivity contribution in [3.63, 3.8) is 0 Å². The summed E-state index contributed by atoms with van der Waals surface area (Å²) in [5.41, 5.74) is 0. The third-order valence-corrected chi connectivity index (χ3v) is 14.3. The highest BCUT2D eigenvalue weighted by Crippen LogP contribution is 2.16. The molecule has 0 aromatic heterocycles. The summed E-state index contributed by atoms with van der Waals surface area (Å²) in [4.78, 5) is 38.3. The second-order valence-electron chi connectivity index (χ2n) is 22.3. The fourth-order valence-electron chi connectivity index (χ4n) is 9.27. The first kappa shape index (κ1) is 78.3. The minimum atomic E-state index is -0.793. The van der Waals surface area contributed by atoms with Gasteiger partial charge in [-0.15, -0.1) is 0 Å². The monoisotopic (exact) mass is 1150 g/mol. The molecular formula is C77H126O6. The van der Waals surface area contributed by atoms with E-state index in [1.807, 2.05) is 0 Å². The van der Waals surface area contributed by atoms with Crippen LogP contribution < -0.4 is 0 Å². The molecule has 1 unspecified atom stereocenters. The van der Waals surface area contributed by atoms with Gasteiger partial charge in [0.2, 0.25) is 0 Å². The van der Waals surface area contributed by atoms with Crippen LogP contribution in [0.15, 0.2) is 146 Å². The first-order valence-corrected chi connectivity index (χ1v) is 34.3. The van der Waals surface area contributed by atoms with Gasteiger partial charge in [-0.1, -0.05) is 308 Å². The Morgan fingerprint density at radius 2 is 0.470 bits per heavy atom. The van der Waals surface area contributed by atoms with Crippen molar-refractivity contribution in [2.24, 2.45) is 0 Å². The standard InChI is InChI=1S/C77H126O6/c1-4-7-10-13-16-19-21-23-25-27-29-31-33-35-37-38-40-41-43-45-47-49-51-53-55-58-61-64-67-70-76(79)82-73-74(72-81-75(78)69-66-63-60-57-18-15-12-9-6-3)83-77(80)71-68-65-62-59-56-54-52-50-48-46-44-42-39-36-34-32-30-28-26-24-22-20-17-14-11-8-5-2/h7-8,10-11,16-17,19-20,23-26,29-32,35-37,39,44,46,50,52,74H,4-6,9,12-15,18,21-22,27-28,33-34,38,40-43,45,47-49,51,53-73H2,1-3H3/b10-7-,11-8-,19-16-,20-17-,25-23-,26-24-,31-29-,32-30-,37-35-,39-36-,46-44-,52-50-. The van der Waals surface area contributed by atoms with Crippen LogP contribution >= 0.6 is 0 Å². The van der Waals surface area contributed by atoms with E-state index in [0.29, 0.717) is 19.3 Å². The van der Waals surface area contributed by atoms with Crippen molar-refractivity contribution in [1.82, 2.24) is 0 Å². The molecule has 6 heteroatoms. The third kappa shape index (κ3) is 68.0. The fraction of sp³-hybridized carbons (Fsp3) is 0.649. The molecule has 0 saturated carbocycles. The summed E-state index contributed by atoms with van der Waals surface area (Å²) in [7, 11) is 0. The maximum absolute atomic E-state index is 12.9. The Kier molecular flexibility index (Phi) is 65.8. The van der Waals surface area contributed by atoms with Crippen LogP contribution in [0, 0.1) is 0 Å². The molecule has 0 bridgehead atoms. The second kappa shape index (κ2) is 69.8. The van der Waals surface area contributed by atoms with Crippen LogP contribution in [-0.4, -0.2) is 37.2 Å². The van der Waals surface area contributed by atoms with Crippen LogP contribution in [0.2, 0.25) is 0 Å². The van der Waals surface area contributed by atoms with Gasteiger partial charge in [-0.25, -0.2) is 0 Å². The minimum Gasteiger partial charge on any atom is -0.462 e. The van der Waals surface area contributed by atoms with Gasteiger partial charge in [0, 0.05) is 19.3 Å². The number of unbranched alkanes of at least 4 members (excludes halogenated alkanes) is 26. The molecular weight excluding hydrogens is 1020 g/mol. The normalized spacial score (nSPS) is 13.0. The van der Waals surface area contributed by atoms with Gasteiger partial charge in [-0.2, -0.15) is 0 Å². The predicted molar refractivity (Wildman–Crippen MR) is 362 cm³/mol. The van der Waals surface area contributed by atoms with Crippen LogP contribution in [-0.2, 0) is 28.6 Å². The van der Waals surface area contributed by atoms with Crippen LogP contribution in [0.5, 0.6) is 0 Å². The Balaban J connectivity index is 4.25. The van der Waals surface area contributed by atoms with E-state index in [2.05, 4.69) is 167 Å². The summed E-state index contributed by atoms with van der Waals surface area (Å²) < 4.78 is 16.9. The summed E-state index contributed by atoms with van der Waals surface area (Å²) in [6.45, 7) is 6.39. The van der Waals surface area contributed by atoms with Crippen molar-refractivity contribution in [2.45, 2.75) is 309 Å². The van der Waals surface area contributed by atoms with E-state index >= 15 is 0 Å². The van der Waals surface area contributed by atoms with Gasteiger partial charge in [-0.3, -0.25) is 14.4 Å². The topological polar surface area (TPSA) is 78.9 Å². The SMILES string of the molecule is CC/C=C\C/C=C\C/C=C\C/C=C\C/C=C\C/C=C\C/C=C\CCCCCCCC(=O)OC(COC(=O)CCCCCCCCCCC)COC(=O)CCCCCCCCCCCCCCC/C=C\C/C=C\C/C=C\C/C=C\C/C=C\CC. The Bertz CT molecular complexity index is 1800. The van der Waals surface area contributed by atoms with Gasteiger partial charge in [-0.05, 0) is 122 Å². The Labute approximate surface area is 512 Å². The molecule has 0 N–H and O–H groups in total. The molecule has 0 aromatic carbocycles. The largest absolute Gasteiger partial charge is 0.462 e. The van der Waals surface area contributed by atoms with Gasteiger partial charge < -0.3 is 14.2 Å². The van der Waals surface area contributed by atoms with E-state index < -0.39 is 6.10 Å². The zero-order chi connectivity index (χ0) is 59.9. The van der Waals surface area contributed by atoms with Gasteiger partial charge in [0.25, 0.3) is 0 Å². The maximum Gasteiger partial charge on any atom is 0.306 e. The number of ether oxygens (including phenoxy) is 3. The highest BCUT2D eigenvalue weighted by atomic mass is 16.6. The second-order valence-corrected chi connectivity index (χ2v) is 22.3. The average molecular weight is 1150 g/mol. The first-order valence-electron chi connectivity index (χ1n) is 34.3. The first-order chi connectivity index (χ1) is 41.0. The quantitative estimate of drug-likeness (QED) is 0.0261. The Hall–Kier alpha value is -4.71. The molecule has 1 atom stereocenters. The van der Waals surface area contributed by atoms with E-state index in [1.54, 1.807) is 0 Å². The van der Waals surface area contributed by atoms with Crippen molar-refractivity contribution < 1.29 is 28.6 Å². The smallest absolute Gasteiger partial charge is 0.306 e. The van der Waals surface area contributed by atoms with Crippen LogP contribution in [0.25, 0.3) is 0 Å². The zero-order valence-electron chi connectivity index (χ0n) is 53.9. The molecule has 0 aliphatic heterocycles. The number of carbonyl (C=O) groups is 3. The molecule has 0 fully saturated rings. The molecule has 0 aliphatic rings. The van der Waals surface area contributed by atoms with Gasteiger partial charge in [0.15, 0.2) is 6.10 Å². The zero-order valence-corrected chi connectivity index (χ0v) is 53.9. The van der Waals surface area contributed by atoms with E-state index in [4.69, 9.17) is 14.2 Å². The maximum atomic E-state index is 12.9. The molecule has 470 valence electrons. The summed E-state index contributed by atoms with van der Waals surface area (Å²) in [5, 5.41) is 0. The van der Waals surface area contributed by atoms with Crippen molar-refractivity contribution in [1.29, 1.82) is 0 Å². The highest BCUT2D eigenvalue weighted by Gasteiger charge is 2.19. The van der Waals surface area contributed by atoms with Gasteiger partial charge in [0.1, 0.15) is 13.2 Å². The molecule has 0 spiro atoms. The lowest BCUT2D eigenvalue weighted by molar-refractivity contribution is -0.167. The van der Waals surface area contributed by atoms with Crippen LogP contribution in [0.4, 0.5) is 0 Å². The van der Waals surface area contributed by atoms with E-state index in [-0.39, 0.29) is 31.1 Å². The number of rotatable bonds is 61. The van der Waals surface area contributed by atoms with Crippen LogP contribution in [0.1, 0.15) is 303 Å². The third-order valence-electron chi connectivity index (χ3n) is 14.3. The minimum absolute atomic E-state index is 0.0880. The Morgan fingerprint density at radius 1 is 0.253 bits per heavy atom. The predicted octanol–water partition coefficient (Wildman–Crippen LogP) is 23.9. The number of hydrogen-bond acceptors (Lipinski definition) is 6. The average Bonchev–Trinajstić information content (AvgIpc) is 3.49.